The number of carboxylic acid groups (broad SMARTS) is 1. The maximum Gasteiger partial charge on any atom is 0.341 e. The first-order valence-electron chi connectivity index (χ1n) is 7.71. The lowest BCUT2D eigenvalue weighted by molar-refractivity contribution is -0.139. The Kier molecular flexibility index (Phi) is 7.43. The zero-order valence-corrected chi connectivity index (χ0v) is 13.5. The number of hydrogen-bond donors (Lipinski definition) is 1. The van der Waals surface area contributed by atoms with Gasteiger partial charge in [-0.15, -0.1) is 0 Å². The number of rotatable bonds is 9. The lowest BCUT2D eigenvalue weighted by atomic mass is 9.96. The summed E-state index contributed by atoms with van der Waals surface area (Å²) in [7, 11) is 1.77. The van der Waals surface area contributed by atoms with Crippen LogP contribution in [-0.2, 0) is 9.59 Å². The number of hydrogen-bond acceptors (Lipinski definition) is 3. The van der Waals surface area contributed by atoms with Crippen LogP contribution in [0, 0.1) is 5.92 Å². The number of benzene rings is 1. The average Bonchev–Trinajstić information content (AvgIpc) is 2.52. The van der Waals surface area contributed by atoms with E-state index in [1.54, 1.807) is 36.2 Å². The highest BCUT2D eigenvalue weighted by atomic mass is 16.5. The summed E-state index contributed by atoms with van der Waals surface area (Å²) in [5, 5.41) is 8.57. The summed E-state index contributed by atoms with van der Waals surface area (Å²) in [6.07, 6.45) is 3.78. The molecular formula is C17H25NO4. The highest BCUT2D eigenvalue weighted by Gasteiger charge is 2.21. The van der Waals surface area contributed by atoms with Crippen LogP contribution in [0.1, 0.15) is 39.5 Å². The van der Waals surface area contributed by atoms with E-state index < -0.39 is 5.97 Å². The third kappa shape index (κ3) is 5.39. The van der Waals surface area contributed by atoms with Gasteiger partial charge in [0.05, 0.1) is 0 Å². The van der Waals surface area contributed by atoms with E-state index in [1.165, 1.54) is 0 Å². The summed E-state index contributed by atoms with van der Waals surface area (Å²) in [5.41, 5.74) is 0.782. The van der Waals surface area contributed by atoms with Gasteiger partial charge in [0, 0.05) is 18.7 Å². The Morgan fingerprint density at radius 1 is 1.14 bits per heavy atom. The first kappa shape index (κ1) is 18.0. The molecule has 122 valence electrons. The molecule has 0 saturated heterocycles. The van der Waals surface area contributed by atoms with Crippen molar-refractivity contribution in [1.82, 2.24) is 0 Å². The van der Waals surface area contributed by atoms with E-state index in [0.717, 1.165) is 31.4 Å². The number of amides is 1. The van der Waals surface area contributed by atoms with Gasteiger partial charge in [-0.2, -0.15) is 0 Å². The van der Waals surface area contributed by atoms with Crippen molar-refractivity contribution < 1.29 is 19.4 Å². The van der Waals surface area contributed by atoms with Gasteiger partial charge in [0.2, 0.25) is 5.91 Å². The molecule has 0 fully saturated rings. The minimum atomic E-state index is -1.02. The average molecular weight is 307 g/mol. The molecule has 0 aliphatic carbocycles. The molecule has 0 spiro atoms. The zero-order chi connectivity index (χ0) is 16.5. The molecule has 0 saturated carbocycles. The van der Waals surface area contributed by atoms with Crippen LogP contribution in [0.2, 0.25) is 0 Å². The normalized spacial score (nSPS) is 10.5. The highest BCUT2D eigenvalue weighted by molar-refractivity contribution is 5.94. The Morgan fingerprint density at radius 2 is 1.68 bits per heavy atom. The molecule has 0 radical (unpaired) electrons. The van der Waals surface area contributed by atoms with Crippen LogP contribution in [0.5, 0.6) is 5.75 Å². The van der Waals surface area contributed by atoms with Crippen LogP contribution >= 0.6 is 0 Å². The van der Waals surface area contributed by atoms with E-state index in [0.29, 0.717) is 5.75 Å². The molecule has 1 aromatic carbocycles. The fourth-order valence-electron chi connectivity index (χ4n) is 2.40. The van der Waals surface area contributed by atoms with Gasteiger partial charge in [-0.1, -0.05) is 26.7 Å². The molecule has 0 heterocycles. The van der Waals surface area contributed by atoms with Crippen LogP contribution in [0.3, 0.4) is 0 Å². The van der Waals surface area contributed by atoms with Crippen molar-refractivity contribution in [3.63, 3.8) is 0 Å². The van der Waals surface area contributed by atoms with Gasteiger partial charge in [0.25, 0.3) is 0 Å². The summed E-state index contributed by atoms with van der Waals surface area (Å²) in [5.74, 6) is -0.352. The molecule has 5 heteroatoms. The molecule has 22 heavy (non-hydrogen) atoms. The maximum atomic E-state index is 12.5. The predicted molar refractivity (Wildman–Crippen MR) is 86.3 cm³/mol. The number of carbonyl (C=O) groups is 2. The lowest BCUT2D eigenvalue weighted by Gasteiger charge is -2.23. The maximum absolute atomic E-state index is 12.5. The molecule has 0 aromatic heterocycles. The Morgan fingerprint density at radius 3 is 2.14 bits per heavy atom. The second-order valence-electron chi connectivity index (χ2n) is 5.35. The number of nitrogens with zero attached hydrogens (tertiary/aromatic N) is 1. The molecule has 0 aliphatic heterocycles. The van der Waals surface area contributed by atoms with Gasteiger partial charge in [-0.05, 0) is 37.1 Å². The first-order chi connectivity index (χ1) is 10.5. The molecule has 0 aliphatic rings. The summed E-state index contributed by atoms with van der Waals surface area (Å²) in [6.45, 7) is 3.80. The third-order valence-electron chi connectivity index (χ3n) is 3.54. The van der Waals surface area contributed by atoms with E-state index in [4.69, 9.17) is 9.84 Å². The molecule has 1 rings (SSSR count). The molecule has 0 unspecified atom stereocenters. The van der Waals surface area contributed by atoms with Crippen LogP contribution in [-0.4, -0.2) is 30.6 Å². The quantitative estimate of drug-likeness (QED) is 0.760. The van der Waals surface area contributed by atoms with Crippen molar-refractivity contribution in [3.05, 3.63) is 24.3 Å². The third-order valence-corrected chi connectivity index (χ3v) is 3.54. The fourth-order valence-corrected chi connectivity index (χ4v) is 2.40. The van der Waals surface area contributed by atoms with Crippen LogP contribution in [0.4, 0.5) is 5.69 Å². The van der Waals surface area contributed by atoms with Crippen molar-refractivity contribution in [2.45, 2.75) is 39.5 Å². The SMILES string of the molecule is CCCC(CCC)C(=O)N(C)c1ccc(OCC(=O)O)cc1. The topological polar surface area (TPSA) is 66.8 Å². The zero-order valence-electron chi connectivity index (χ0n) is 13.5. The number of ether oxygens (including phenoxy) is 1. The van der Waals surface area contributed by atoms with E-state index in [9.17, 15) is 9.59 Å². The van der Waals surface area contributed by atoms with Crippen LogP contribution < -0.4 is 9.64 Å². The van der Waals surface area contributed by atoms with E-state index >= 15 is 0 Å². The lowest BCUT2D eigenvalue weighted by Crippen LogP contribution is -2.32. The second kappa shape index (κ2) is 9.07. The van der Waals surface area contributed by atoms with Crippen LogP contribution in [0.15, 0.2) is 24.3 Å². The van der Waals surface area contributed by atoms with Gasteiger partial charge in [-0.25, -0.2) is 4.79 Å². The van der Waals surface area contributed by atoms with Gasteiger partial charge in [0.1, 0.15) is 5.75 Å². The first-order valence-corrected chi connectivity index (χ1v) is 7.71. The number of carbonyl (C=O) groups excluding carboxylic acids is 1. The Bertz CT molecular complexity index is 478. The van der Waals surface area contributed by atoms with E-state index in [1.807, 2.05) is 0 Å². The van der Waals surface area contributed by atoms with Crippen molar-refractivity contribution in [3.8, 4) is 5.75 Å². The predicted octanol–water partition coefficient (Wildman–Crippen LogP) is 3.33. The standard InChI is InChI=1S/C17H25NO4/c1-4-6-13(7-5-2)17(21)18(3)14-8-10-15(11-9-14)22-12-16(19)20/h8-11,13H,4-7,12H2,1-3H3,(H,19,20). The van der Waals surface area contributed by atoms with E-state index in [-0.39, 0.29) is 18.4 Å². The van der Waals surface area contributed by atoms with Gasteiger partial charge in [0.15, 0.2) is 6.61 Å². The minimum Gasteiger partial charge on any atom is -0.482 e. The summed E-state index contributed by atoms with van der Waals surface area (Å²) in [6, 6.07) is 6.89. The molecule has 1 N–H and O–H groups in total. The Hall–Kier alpha value is -2.04. The minimum absolute atomic E-state index is 0.0583. The molecule has 0 bridgehead atoms. The number of aliphatic carboxylic acids is 1. The van der Waals surface area contributed by atoms with Gasteiger partial charge >= 0.3 is 5.97 Å². The van der Waals surface area contributed by atoms with Crippen molar-refractivity contribution >= 4 is 17.6 Å². The fraction of sp³-hybridized carbons (Fsp3) is 0.529. The molecule has 5 nitrogen and oxygen atoms in total. The number of carboxylic acids is 1. The highest BCUT2D eigenvalue weighted by Crippen LogP contribution is 2.23. The summed E-state index contributed by atoms with van der Waals surface area (Å²) in [4.78, 5) is 24.7. The van der Waals surface area contributed by atoms with E-state index in [2.05, 4.69) is 13.8 Å². The monoisotopic (exact) mass is 307 g/mol. The number of anilines is 1. The molecular weight excluding hydrogens is 282 g/mol. The van der Waals surface area contributed by atoms with Crippen LogP contribution in [0.25, 0.3) is 0 Å². The molecule has 0 atom stereocenters. The largest absolute Gasteiger partial charge is 0.482 e. The molecule has 1 amide bonds. The molecule has 1 aromatic rings. The second-order valence-corrected chi connectivity index (χ2v) is 5.35. The van der Waals surface area contributed by atoms with Gasteiger partial charge < -0.3 is 14.7 Å². The van der Waals surface area contributed by atoms with Crippen molar-refractivity contribution in [2.75, 3.05) is 18.6 Å². The van der Waals surface area contributed by atoms with Crippen molar-refractivity contribution in [1.29, 1.82) is 0 Å². The van der Waals surface area contributed by atoms with Crippen molar-refractivity contribution in [2.24, 2.45) is 5.92 Å². The van der Waals surface area contributed by atoms with Gasteiger partial charge in [-0.3, -0.25) is 4.79 Å². The smallest absolute Gasteiger partial charge is 0.341 e. The summed E-state index contributed by atoms with van der Waals surface area (Å²) >= 11 is 0. The Labute approximate surface area is 131 Å². The summed E-state index contributed by atoms with van der Waals surface area (Å²) < 4.78 is 5.08. The Balaban J connectivity index is 2.72.